The molecule has 0 bridgehead atoms. The van der Waals surface area contributed by atoms with Crippen LogP contribution in [-0.4, -0.2) is 57.3 Å². The maximum atomic E-state index is 12.4. The number of carbonyl (C=O) groups excluding carboxylic acids is 2. The van der Waals surface area contributed by atoms with Crippen molar-refractivity contribution in [3.63, 3.8) is 0 Å². The molecule has 23 heavy (non-hydrogen) atoms. The molecule has 1 aromatic heterocycles. The zero-order chi connectivity index (χ0) is 17.0. The van der Waals surface area contributed by atoms with Crippen LogP contribution in [0.1, 0.15) is 51.1 Å². The fraction of sp³-hybridized carbons (Fsp3) is 0.706. The fourth-order valence-corrected chi connectivity index (χ4v) is 3.38. The molecule has 2 aliphatic heterocycles. The van der Waals surface area contributed by atoms with Gasteiger partial charge in [-0.3, -0.25) is 9.59 Å². The summed E-state index contributed by atoms with van der Waals surface area (Å²) in [7, 11) is 0. The van der Waals surface area contributed by atoms with Crippen LogP contribution < -0.4 is 0 Å². The van der Waals surface area contributed by atoms with Gasteiger partial charge < -0.3 is 14.4 Å². The number of hydrogen-bond donors (Lipinski definition) is 0. The minimum atomic E-state index is -0.329. The Morgan fingerprint density at radius 2 is 1.70 bits per heavy atom. The molecule has 0 saturated carbocycles. The number of amides is 2. The van der Waals surface area contributed by atoms with Crippen molar-refractivity contribution in [1.82, 2.24) is 19.4 Å². The Hall–Kier alpha value is -1.85. The van der Waals surface area contributed by atoms with E-state index in [1.807, 2.05) is 41.3 Å². The van der Waals surface area contributed by atoms with Crippen molar-refractivity contribution in [2.75, 3.05) is 26.2 Å². The Labute approximate surface area is 137 Å². The molecule has 0 N–H and O–H groups in total. The van der Waals surface area contributed by atoms with Crippen molar-refractivity contribution in [2.24, 2.45) is 10.8 Å². The Bertz CT molecular complexity index is 627. The maximum absolute atomic E-state index is 12.4. The van der Waals surface area contributed by atoms with E-state index in [1.54, 1.807) is 6.33 Å². The molecule has 6 nitrogen and oxygen atoms in total. The van der Waals surface area contributed by atoms with Crippen LogP contribution in [0.25, 0.3) is 0 Å². The SMILES string of the molecule is CC(C)n1cnc(C(=O)N2CC3(C2)CN(C(=O)C(C)(C)C)C3)c1. The summed E-state index contributed by atoms with van der Waals surface area (Å²) in [6, 6.07) is 0.301. The third-order valence-corrected chi connectivity index (χ3v) is 4.74. The first-order valence-corrected chi connectivity index (χ1v) is 8.23. The number of rotatable bonds is 2. The van der Waals surface area contributed by atoms with Gasteiger partial charge >= 0.3 is 0 Å². The van der Waals surface area contributed by atoms with E-state index in [1.165, 1.54) is 0 Å². The summed E-state index contributed by atoms with van der Waals surface area (Å²) < 4.78 is 1.94. The van der Waals surface area contributed by atoms with Crippen molar-refractivity contribution < 1.29 is 9.59 Å². The van der Waals surface area contributed by atoms with Gasteiger partial charge in [0, 0.05) is 49.2 Å². The van der Waals surface area contributed by atoms with Gasteiger partial charge in [-0.1, -0.05) is 20.8 Å². The van der Waals surface area contributed by atoms with Gasteiger partial charge in [0.1, 0.15) is 5.69 Å². The minimum Gasteiger partial charge on any atom is -0.341 e. The van der Waals surface area contributed by atoms with E-state index in [2.05, 4.69) is 18.8 Å². The molecule has 126 valence electrons. The zero-order valence-electron chi connectivity index (χ0n) is 14.7. The predicted octanol–water partition coefficient (Wildman–Crippen LogP) is 1.79. The molecular weight excluding hydrogens is 292 g/mol. The first-order chi connectivity index (χ1) is 10.6. The fourth-order valence-electron chi connectivity index (χ4n) is 3.38. The van der Waals surface area contributed by atoms with Crippen molar-refractivity contribution in [2.45, 2.75) is 40.7 Å². The molecule has 6 heteroatoms. The average Bonchev–Trinajstić information content (AvgIpc) is 2.83. The topological polar surface area (TPSA) is 58.4 Å². The lowest BCUT2D eigenvalue weighted by atomic mass is 9.71. The number of hydrogen-bond acceptors (Lipinski definition) is 3. The second-order valence-corrected chi connectivity index (χ2v) is 8.37. The van der Waals surface area contributed by atoms with Crippen LogP contribution in [0.5, 0.6) is 0 Å². The van der Waals surface area contributed by atoms with Gasteiger partial charge in [0.2, 0.25) is 5.91 Å². The van der Waals surface area contributed by atoms with Crippen molar-refractivity contribution in [3.05, 3.63) is 18.2 Å². The van der Waals surface area contributed by atoms with Crippen LogP contribution in [0.4, 0.5) is 0 Å². The summed E-state index contributed by atoms with van der Waals surface area (Å²) >= 11 is 0. The molecule has 2 saturated heterocycles. The van der Waals surface area contributed by atoms with Crippen LogP contribution in [-0.2, 0) is 4.79 Å². The summed E-state index contributed by atoms with van der Waals surface area (Å²) in [5.74, 6) is 0.194. The molecule has 1 spiro atoms. The Kier molecular flexibility index (Phi) is 3.54. The Morgan fingerprint density at radius 3 is 2.17 bits per heavy atom. The number of carbonyl (C=O) groups is 2. The van der Waals surface area contributed by atoms with Gasteiger partial charge in [-0.2, -0.15) is 0 Å². The average molecular weight is 318 g/mol. The van der Waals surface area contributed by atoms with E-state index in [-0.39, 0.29) is 22.6 Å². The summed E-state index contributed by atoms with van der Waals surface area (Å²) in [5, 5.41) is 0. The molecule has 0 radical (unpaired) electrons. The summed E-state index contributed by atoms with van der Waals surface area (Å²) in [4.78, 5) is 32.6. The van der Waals surface area contributed by atoms with E-state index in [9.17, 15) is 9.59 Å². The highest BCUT2D eigenvalue weighted by Gasteiger charge is 2.55. The van der Waals surface area contributed by atoms with E-state index in [0.29, 0.717) is 11.7 Å². The summed E-state index contributed by atoms with van der Waals surface area (Å²) in [6.07, 6.45) is 3.52. The van der Waals surface area contributed by atoms with Crippen LogP contribution in [0.2, 0.25) is 0 Å². The molecule has 0 unspecified atom stereocenters. The zero-order valence-corrected chi connectivity index (χ0v) is 14.7. The minimum absolute atomic E-state index is 0.00405. The van der Waals surface area contributed by atoms with E-state index >= 15 is 0 Å². The highest BCUT2D eigenvalue weighted by atomic mass is 16.2. The highest BCUT2D eigenvalue weighted by Crippen LogP contribution is 2.41. The first-order valence-electron chi connectivity index (χ1n) is 8.23. The second-order valence-electron chi connectivity index (χ2n) is 8.37. The van der Waals surface area contributed by atoms with E-state index in [4.69, 9.17) is 0 Å². The monoisotopic (exact) mass is 318 g/mol. The molecule has 2 fully saturated rings. The third kappa shape index (κ3) is 2.75. The number of nitrogens with zero attached hydrogens (tertiary/aromatic N) is 4. The van der Waals surface area contributed by atoms with Gasteiger partial charge in [-0.05, 0) is 13.8 Å². The summed E-state index contributed by atoms with van der Waals surface area (Å²) in [6.45, 7) is 13.0. The molecule has 3 rings (SSSR count). The van der Waals surface area contributed by atoms with Crippen LogP contribution in [0, 0.1) is 10.8 Å². The highest BCUT2D eigenvalue weighted by molar-refractivity contribution is 5.93. The largest absolute Gasteiger partial charge is 0.341 e. The summed E-state index contributed by atoms with van der Waals surface area (Å²) in [5.41, 5.74) is 0.303. The number of likely N-dealkylation sites (tertiary alicyclic amines) is 2. The Morgan fingerprint density at radius 1 is 1.13 bits per heavy atom. The van der Waals surface area contributed by atoms with Gasteiger partial charge in [0.05, 0.1) is 6.33 Å². The van der Waals surface area contributed by atoms with Crippen LogP contribution >= 0.6 is 0 Å². The van der Waals surface area contributed by atoms with Crippen molar-refractivity contribution >= 4 is 11.8 Å². The second kappa shape index (κ2) is 5.08. The maximum Gasteiger partial charge on any atom is 0.274 e. The van der Waals surface area contributed by atoms with Crippen molar-refractivity contribution in [3.8, 4) is 0 Å². The van der Waals surface area contributed by atoms with Crippen LogP contribution in [0.3, 0.4) is 0 Å². The Balaban J connectivity index is 1.54. The first kappa shape index (κ1) is 16.0. The molecule has 1 aromatic rings. The van der Waals surface area contributed by atoms with Crippen LogP contribution in [0.15, 0.2) is 12.5 Å². The molecule has 0 aromatic carbocycles. The van der Waals surface area contributed by atoms with Gasteiger partial charge in [-0.15, -0.1) is 0 Å². The number of aromatic nitrogens is 2. The van der Waals surface area contributed by atoms with Gasteiger partial charge in [-0.25, -0.2) is 4.98 Å². The van der Waals surface area contributed by atoms with Crippen molar-refractivity contribution in [1.29, 1.82) is 0 Å². The lowest BCUT2D eigenvalue weighted by Gasteiger charge is -2.60. The molecule has 0 atom stereocenters. The van der Waals surface area contributed by atoms with Gasteiger partial charge in [0.15, 0.2) is 0 Å². The molecule has 3 heterocycles. The third-order valence-electron chi connectivity index (χ3n) is 4.74. The molecule has 0 aliphatic carbocycles. The smallest absolute Gasteiger partial charge is 0.274 e. The standard InChI is InChI=1S/C17H26N4O2/c1-12(2)19-6-13(18-11-19)14(22)20-7-17(8-20)9-21(10-17)15(23)16(3,4)5/h6,11-12H,7-10H2,1-5H3. The molecular formula is C17H26N4O2. The lowest BCUT2D eigenvalue weighted by Crippen LogP contribution is -2.74. The van der Waals surface area contributed by atoms with E-state index in [0.717, 1.165) is 26.2 Å². The predicted molar refractivity (Wildman–Crippen MR) is 87.0 cm³/mol. The molecule has 2 amide bonds. The number of imidazole rings is 1. The lowest BCUT2D eigenvalue weighted by molar-refractivity contribution is -0.162. The molecule has 2 aliphatic rings. The van der Waals surface area contributed by atoms with Gasteiger partial charge in [0.25, 0.3) is 5.91 Å². The quantitative estimate of drug-likeness (QED) is 0.835. The normalized spacial score (nSPS) is 19.7. The van der Waals surface area contributed by atoms with E-state index < -0.39 is 0 Å².